The summed E-state index contributed by atoms with van der Waals surface area (Å²) in [5.74, 6) is 0. The Labute approximate surface area is 115 Å². The van der Waals surface area contributed by atoms with E-state index in [9.17, 15) is 0 Å². The second-order valence-electron chi connectivity index (χ2n) is 3.99. The number of para-hydroxylation sites is 1. The molecule has 2 rings (SSSR count). The molecule has 4 heteroatoms. The van der Waals surface area contributed by atoms with Gasteiger partial charge in [-0.2, -0.15) is 0 Å². The van der Waals surface area contributed by atoms with Crippen LogP contribution in [0.4, 0.5) is 5.69 Å². The molecular formula is C14H15BrN2O. The van der Waals surface area contributed by atoms with Crippen LogP contribution in [-0.4, -0.2) is 23.2 Å². The van der Waals surface area contributed by atoms with Gasteiger partial charge in [-0.05, 0) is 39.7 Å². The average Bonchev–Trinajstić information content (AvgIpc) is 2.39. The van der Waals surface area contributed by atoms with Gasteiger partial charge in [0.05, 0.1) is 6.61 Å². The molecule has 2 aromatic rings. The normalized spacial score (nSPS) is 10.3. The SMILES string of the molecule is OCCN(Cc1cncc(Br)c1)c1ccccc1. The molecule has 0 fully saturated rings. The van der Waals surface area contributed by atoms with E-state index in [1.165, 1.54) is 0 Å². The summed E-state index contributed by atoms with van der Waals surface area (Å²) in [4.78, 5) is 6.28. The molecule has 1 heterocycles. The van der Waals surface area contributed by atoms with Crippen molar-refractivity contribution in [1.29, 1.82) is 0 Å². The first-order valence-electron chi connectivity index (χ1n) is 5.80. The Morgan fingerprint density at radius 3 is 2.61 bits per heavy atom. The fraction of sp³-hybridized carbons (Fsp3) is 0.214. The van der Waals surface area contributed by atoms with Gasteiger partial charge in [0, 0.05) is 35.6 Å². The Bertz CT molecular complexity index is 490. The minimum atomic E-state index is 0.135. The van der Waals surface area contributed by atoms with Crippen LogP contribution in [0.5, 0.6) is 0 Å². The van der Waals surface area contributed by atoms with Gasteiger partial charge in [-0.15, -0.1) is 0 Å². The first-order chi connectivity index (χ1) is 8.79. The molecule has 3 nitrogen and oxygen atoms in total. The number of nitrogens with zero attached hydrogens (tertiary/aromatic N) is 2. The lowest BCUT2D eigenvalue weighted by Gasteiger charge is -2.24. The maximum Gasteiger partial charge on any atom is 0.0606 e. The van der Waals surface area contributed by atoms with Crippen molar-refractivity contribution in [1.82, 2.24) is 4.98 Å². The van der Waals surface area contributed by atoms with E-state index in [2.05, 4.69) is 25.8 Å². The van der Waals surface area contributed by atoms with Gasteiger partial charge < -0.3 is 10.0 Å². The number of aliphatic hydroxyl groups is 1. The Hall–Kier alpha value is -1.39. The van der Waals surface area contributed by atoms with E-state index in [0.717, 1.165) is 22.3 Å². The Kier molecular flexibility index (Phi) is 4.73. The minimum Gasteiger partial charge on any atom is -0.395 e. The van der Waals surface area contributed by atoms with Crippen LogP contribution in [0.15, 0.2) is 53.3 Å². The zero-order chi connectivity index (χ0) is 12.8. The lowest BCUT2D eigenvalue weighted by atomic mass is 10.2. The zero-order valence-corrected chi connectivity index (χ0v) is 11.5. The van der Waals surface area contributed by atoms with Gasteiger partial charge in [-0.3, -0.25) is 4.98 Å². The summed E-state index contributed by atoms with van der Waals surface area (Å²) in [6, 6.07) is 12.1. The molecule has 0 saturated heterocycles. The van der Waals surface area contributed by atoms with E-state index >= 15 is 0 Å². The van der Waals surface area contributed by atoms with E-state index in [-0.39, 0.29) is 6.61 Å². The van der Waals surface area contributed by atoms with Gasteiger partial charge in [-0.25, -0.2) is 0 Å². The topological polar surface area (TPSA) is 36.4 Å². The van der Waals surface area contributed by atoms with Gasteiger partial charge in [-0.1, -0.05) is 18.2 Å². The first-order valence-corrected chi connectivity index (χ1v) is 6.59. The van der Waals surface area contributed by atoms with Crippen molar-refractivity contribution in [2.24, 2.45) is 0 Å². The molecule has 0 aliphatic heterocycles. The van der Waals surface area contributed by atoms with Crippen molar-refractivity contribution in [2.45, 2.75) is 6.54 Å². The number of hydrogen-bond donors (Lipinski definition) is 1. The molecule has 1 aromatic carbocycles. The first kappa shape index (κ1) is 13.1. The zero-order valence-electron chi connectivity index (χ0n) is 9.96. The van der Waals surface area contributed by atoms with Crippen molar-refractivity contribution >= 4 is 21.6 Å². The lowest BCUT2D eigenvalue weighted by Crippen LogP contribution is -2.26. The largest absolute Gasteiger partial charge is 0.395 e. The van der Waals surface area contributed by atoms with Crippen molar-refractivity contribution in [2.75, 3.05) is 18.1 Å². The molecule has 0 aliphatic carbocycles. The highest BCUT2D eigenvalue weighted by molar-refractivity contribution is 9.10. The van der Waals surface area contributed by atoms with E-state index in [1.807, 2.05) is 42.6 Å². The van der Waals surface area contributed by atoms with Crippen molar-refractivity contribution in [3.05, 3.63) is 58.8 Å². The summed E-state index contributed by atoms with van der Waals surface area (Å²) in [5, 5.41) is 9.16. The molecule has 0 unspecified atom stereocenters. The molecule has 0 saturated carbocycles. The van der Waals surface area contributed by atoms with Crippen LogP contribution in [0.2, 0.25) is 0 Å². The van der Waals surface area contributed by atoms with Gasteiger partial charge in [0.25, 0.3) is 0 Å². The molecule has 1 N–H and O–H groups in total. The van der Waals surface area contributed by atoms with Crippen LogP contribution < -0.4 is 4.90 Å². The lowest BCUT2D eigenvalue weighted by molar-refractivity contribution is 0.301. The molecule has 0 radical (unpaired) electrons. The fourth-order valence-electron chi connectivity index (χ4n) is 1.82. The predicted molar refractivity (Wildman–Crippen MR) is 76.5 cm³/mol. The van der Waals surface area contributed by atoms with Gasteiger partial charge in [0.2, 0.25) is 0 Å². The quantitative estimate of drug-likeness (QED) is 0.923. The van der Waals surface area contributed by atoms with Crippen LogP contribution in [0.1, 0.15) is 5.56 Å². The molecule has 0 bridgehead atoms. The minimum absolute atomic E-state index is 0.135. The van der Waals surface area contributed by atoms with Crippen molar-refractivity contribution in [3.63, 3.8) is 0 Å². The highest BCUT2D eigenvalue weighted by Crippen LogP contribution is 2.17. The van der Waals surface area contributed by atoms with E-state index in [1.54, 1.807) is 6.20 Å². The summed E-state index contributed by atoms with van der Waals surface area (Å²) in [6.07, 6.45) is 3.61. The van der Waals surface area contributed by atoms with Gasteiger partial charge >= 0.3 is 0 Å². The van der Waals surface area contributed by atoms with Gasteiger partial charge in [0.1, 0.15) is 0 Å². The predicted octanol–water partition coefficient (Wildman–Crippen LogP) is 2.84. The average molecular weight is 307 g/mol. The summed E-state index contributed by atoms with van der Waals surface area (Å²) >= 11 is 3.42. The molecule has 0 amide bonds. The maximum absolute atomic E-state index is 9.16. The molecule has 94 valence electrons. The summed E-state index contributed by atoms with van der Waals surface area (Å²) < 4.78 is 0.969. The summed E-state index contributed by atoms with van der Waals surface area (Å²) in [5.41, 5.74) is 2.22. The standard InChI is InChI=1S/C14H15BrN2O/c15-13-8-12(9-16-10-13)11-17(6-7-18)14-4-2-1-3-5-14/h1-5,8-10,18H,6-7,11H2. The van der Waals surface area contributed by atoms with Crippen LogP contribution in [0, 0.1) is 0 Å². The number of pyridine rings is 1. The number of benzene rings is 1. The Morgan fingerprint density at radius 1 is 1.17 bits per heavy atom. The van der Waals surface area contributed by atoms with E-state index in [0.29, 0.717) is 6.54 Å². The Balaban J connectivity index is 2.16. The number of hydrogen-bond acceptors (Lipinski definition) is 3. The van der Waals surface area contributed by atoms with Crippen LogP contribution in [-0.2, 0) is 6.54 Å². The number of halogens is 1. The molecule has 0 atom stereocenters. The van der Waals surface area contributed by atoms with Crippen molar-refractivity contribution < 1.29 is 5.11 Å². The van der Waals surface area contributed by atoms with Crippen LogP contribution in [0.3, 0.4) is 0 Å². The monoisotopic (exact) mass is 306 g/mol. The third-order valence-corrected chi connectivity index (χ3v) is 3.06. The highest BCUT2D eigenvalue weighted by atomic mass is 79.9. The highest BCUT2D eigenvalue weighted by Gasteiger charge is 2.06. The van der Waals surface area contributed by atoms with E-state index < -0.39 is 0 Å². The third kappa shape index (κ3) is 3.55. The number of aliphatic hydroxyl groups excluding tert-OH is 1. The molecule has 18 heavy (non-hydrogen) atoms. The van der Waals surface area contributed by atoms with Crippen LogP contribution >= 0.6 is 15.9 Å². The van der Waals surface area contributed by atoms with Crippen molar-refractivity contribution in [3.8, 4) is 0 Å². The number of anilines is 1. The third-order valence-electron chi connectivity index (χ3n) is 2.63. The maximum atomic E-state index is 9.16. The molecular weight excluding hydrogens is 292 g/mol. The molecule has 0 aliphatic rings. The second-order valence-corrected chi connectivity index (χ2v) is 4.91. The summed E-state index contributed by atoms with van der Waals surface area (Å²) in [6.45, 7) is 1.48. The van der Waals surface area contributed by atoms with E-state index in [4.69, 9.17) is 5.11 Å². The Morgan fingerprint density at radius 2 is 1.94 bits per heavy atom. The molecule has 0 spiro atoms. The fourth-order valence-corrected chi connectivity index (χ4v) is 2.23. The van der Waals surface area contributed by atoms with Gasteiger partial charge in [0.15, 0.2) is 0 Å². The second kappa shape index (κ2) is 6.52. The smallest absolute Gasteiger partial charge is 0.0606 e. The summed E-state index contributed by atoms with van der Waals surface area (Å²) in [7, 11) is 0. The number of rotatable bonds is 5. The van der Waals surface area contributed by atoms with Crippen LogP contribution in [0.25, 0.3) is 0 Å². The number of aromatic nitrogens is 1. The molecule has 1 aromatic heterocycles.